The van der Waals surface area contributed by atoms with Crippen LogP contribution in [0.3, 0.4) is 0 Å². The first-order valence-electron chi connectivity index (χ1n) is 14.3. The summed E-state index contributed by atoms with van der Waals surface area (Å²) in [6.07, 6.45) is 12.0. The van der Waals surface area contributed by atoms with Gasteiger partial charge in [-0.2, -0.15) is 0 Å². The first-order chi connectivity index (χ1) is 20.4. The fourth-order valence-corrected chi connectivity index (χ4v) is 8.82. The molecule has 10 nitrogen and oxygen atoms in total. The number of esters is 1. The number of hydrogen-bond acceptors (Lipinski definition) is 10. The normalized spacial score (nSPS) is 35.0. The topological polar surface area (TPSA) is 134 Å². The smallest absolute Gasteiger partial charge is 0.311 e. The number of aliphatic hydroxyl groups excluding tert-OH is 2. The van der Waals surface area contributed by atoms with E-state index in [2.05, 4.69) is 0 Å². The Hall–Kier alpha value is -2.80. The largest absolute Gasteiger partial charge is 0.473 e. The van der Waals surface area contributed by atoms with Crippen LogP contribution in [0.1, 0.15) is 40.5 Å². The maximum atomic E-state index is 14.7. The molecule has 5 aliphatic rings. The summed E-state index contributed by atoms with van der Waals surface area (Å²) in [5.74, 6) is -3.41. The SMILES string of the molecule is C/C=C(\C)C(=O)[C@@H](C)[C@@H](O)[C@H](C)C(=O)O[C@H]1C=CC=C2C[C@@]3(SC)C(=O)N4[C@H]5C(=COC=C[C@@H]5O)C[C@@]4(SC)C(=O)N3[C@@H]21. The number of ether oxygens (including phenoxy) is 2. The molecule has 0 aromatic rings. The van der Waals surface area contributed by atoms with Gasteiger partial charge in [0.15, 0.2) is 15.5 Å². The Morgan fingerprint density at radius 2 is 1.65 bits per heavy atom. The predicted molar refractivity (Wildman–Crippen MR) is 163 cm³/mol. The zero-order valence-corrected chi connectivity index (χ0v) is 26.7. The van der Waals surface area contributed by atoms with Crippen LogP contribution >= 0.6 is 23.5 Å². The molecule has 0 aromatic carbocycles. The van der Waals surface area contributed by atoms with Gasteiger partial charge in [0.05, 0.1) is 42.7 Å². The minimum Gasteiger partial charge on any atom is -0.473 e. The lowest BCUT2D eigenvalue weighted by Crippen LogP contribution is -2.74. The Morgan fingerprint density at radius 3 is 2.26 bits per heavy atom. The number of amides is 2. The Balaban J connectivity index is 1.47. The third-order valence-electron chi connectivity index (χ3n) is 9.47. The number of hydrogen-bond donors (Lipinski definition) is 2. The number of nitrogens with zero attached hydrogens (tertiary/aromatic N) is 2. The molecule has 0 radical (unpaired) electrons. The fraction of sp³-hybridized carbons (Fsp3) is 0.548. The van der Waals surface area contributed by atoms with Crippen LogP contribution < -0.4 is 0 Å². The molecule has 43 heavy (non-hydrogen) atoms. The number of piperazine rings is 1. The summed E-state index contributed by atoms with van der Waals surface area (Å²) in [5.41, 5.74) is 1.91. The summed E-state index contributed by atoms with van der Waals surface area (Å²) in [5, 5.41) is 21.9. The predicted octanol–water partition coefficient (Wildman–Crippen LogP) is 2.69. The van der Waals surface area contributed by atoms with Gasteiger partial charge in [0.25, 0.3) is 11.8 Å². The van der Waals surface area contributed by atoms with Crippen molar-refractivity contribution in [3.05, 3.63) is 59.6 Å². The summed E-state index contributed by atoms with van der Waals surface area (Å²) < 4.78 is 11.4. The van der Waals surface area contributed by atoms with Crippen molar-refractivity contribution < 1.29 is 38.9 Å². The average molecular weight is 631 g/mol. The van der Waals surface area contributed by atoms with Gasteiger partial charge < -0.3 is 29.5 Å². The van der Waals surface area contributed by atoms with E-state index in [4.69, 9.17) is 9.47 Å². The molecule has 12 heteroatoms. The molecule has 3 fully saturated rings. The lowest BCUT2D eigenvalue weighted by Gasteiger charge is -2.54. The second-order valence-electron chi connectivity index (χ2n) is 11.7. The third-order valence-corrected chi connectivity index (χ3v) is 11.8. The van der Waals surface area contributed by atoms with E-state index in [9.17, 15) is 29.4 Å². The van der Waals surface area contributed by atoms with Gasteiger partial charge in [-0.3, -0.25) is 19.2 Å². The summed E-state index contributed by atoms with van der Waals surface area (Å²) in [4.78, 5) is 55.9. The van der Waals surface area contributed by atoms with Gasteiger partial charge in [-0.05, 0) is 62.2 Å². The molecule has 0 bridgehead atoms. The van der Waals surface area contributed by atoms with E-state index in [0.717, 1.165) is 5.57 Å². The second kappa shape index (κ2) is 11.6. The zero-order chi connectivity index (χ0) is 31.4. The molecule has 0 unspecified atom stereocenters. The molecule has 5 rings (SSSR count). The van der Waals surface area contributed by atoms with Crippen molar-refractivity contribution in [2.24, 2.45) is 11.8 Å². The molecule has 232 valence electrons. The summed E-state index contributed by atoms with van der Waals surface area (Å²) in [6, 6.07) is -1.49. The van der Waals surface area contributed by atoms with E-state index < -0.39 is 57.9 Å². The van der Waals surface area contributed by atoms with Crippen LogP contribution in [0.5, 0.6) is 0 Å². The minimum absolute atomic E-state index is 0.177. The van der Waals surface area contributed by atoms with Crippen molar-refractivity contribution in [1.82, 2.24) is 9.80 Å². The lowest BCUT2D eigenvalue weighted by atomic mass is 9.87. The Morgan fingerprint density at radius 1 is 1.05 bits per heavy atom. The molecule has 2 N–H and O–H groups in total. The molecule has 0 aromatic heterocycles. The average Bonchev–Trinajstić information content (AvgIpc) is 3.49. The Labute approximate surface area is 259 Å². The molecular weight excluding hydrogens is 592 g/mol. The van der Waals surface area contributed by atoms with Gasteiger partial charge in [0.2, 0.25) is 0 Å². The maximum absolute atomic E-state index is 14.7. The van der Waals surface area contributed by atoms with Crippen molar-refractivity contribution in [1.29, 1.82) is 0 Å². The summed E-state index contributed by atoms with van der Waals surface area (Å²) in [7, 11) is 0. The van der Waals surface area contributed by atoms with Crippen LogP contribution in [0.2, 0.25) is 0 Å². The van der Waals surface area contributed by atoms with Crippen LogP contribution in [0.4, 0.5) is 0 Å². The number of aliphatic hydroxyl groups is 2. The van der Waals surface area contributed by atoms with E-state index in [0.29, 0.717) is 11.1 Å². The van der Waals surface area contributed by atoms with E-state index in [1.807, 2.05) is 6.08 Å². The van der Waals surface area contributed by atoms with Gasteiger partial charge in [0.1, 0.15) is 6.10 Å². The molecule has 0 saturated carbocycles. The third kappa shape index (κ3) is 4.63. The van der Waals surface area contributed by atoms with Crippen LogP contribution in [-0.2, 0) is 28.7 Å². The van der Waals surface area contributed by atoms with Crippen molar-refractivity contribution in [3.63, 3.8) is 0 Å². The number of rotatable bonds is 8. The molecule has 2 amide bonds. The fourth-order valence-electron chi connectivity index (χ4n) is 6.87. The highest BCUT2D eigenvalue weighted by molar-refractivity contribution is 8.01. The standard InChI is InChI=1S/C31H38N2O8S2/c1-7-16(2)25(35)17(3)26(36)18(4)27(37)41-22-10-8-9-19-13-30(42-5)28(38)32-23-20(15-40-12-11-21(23)34)14-31(32,43-6)29(39)33(30)24(19)22/h7-12,15,17-18,21-24,26,34,36H,13-14H2,1-6H3/b16-7+/t17-,18+,21+,22+,23+,24+,26-,30-,31-/m1/s1. The lowest BCUT2D eigenvalue weighted by molar-refractivity contribution is -0.171. The van der Waals surface area contributed by atoms with E-state index in [1.54, 1.807) is 61.3 Å². The highest BCUT2D eigenvalue weighted by Crippen LogP contribution is 2.59. The van der Waals surface area contributed by atoms with Crippen molar-refractivity contribution >= 4 is 47.1 Å². The molecule has 3 saturated heterocycles. The zero-order valence-electron chi connectivity index (χ0n) is 25.1. The molecule has 4 heterocycles. The van der Waals surface area contributed by atoms with Crippen molar-refractivity contribution in [3.8, 4) is 0 Å². The van der Waals surface area contributed by atoms with Gasteiger partial charge in [-0.15, -0.1) is 23.5 Å². The van der Waals surface area contributed by atoms with Crippen LogP contribution in [-0.4, -0.2) is 96.2 Å². The van der Waals surface area contributed by atoms with Crippen molar-refractivity contribution in [2.75, 3.05) is 12.5 Å². The van der Waals surface area contributed by atoms with Gasteiger partial charge in [0, 0.05) is 18.8 Å². The van der Waals surface area contributed by atoms with Gasteiger partial charge >= 0.3 is 5.97 Å². The van der Waals surface area contributed by atoms with E-state index in [-0.39, 0.29) is 30.4 Å². The molecule has 9 atom stereocenters. The quantitative estimate of drug-likeness (QED) is 0.305. The number of Topliss-reactive ketones (excluding diaryl/α,β-unsaturated/α-hetero) is 1. The van der Waals surface area contributed by atoms with Crippen molar-refractivity contribution in [2.45, 2.75) is 80.7 Å². The number of ketones is 1. The maximum Gasteiger partial charge on any atom is 0.311 e. The van der Waals surface area contributed by atoms with Crippen LogP contribution in [0.25, 0.3) is 0 Å². The first-order valence-corrected chi connectivity index (χ1v) is 16.7. The number of carbonyl (C=O) groups is 4. The molecule has 4 aliphatic heterocycles. The monoisotopic (exact) mass is 630 g/mol. The summed E-state index contributed by atoms with van der Waals surface area (Å²) in [6.45, 7) is 6.49. The highest BCUT2D eigenvalue weighted by atomic mass is 32.2. The molecule has 0 spiro atoms. The number of allylic oxidation sites excluding steroid dienone is 4. The Bertz CT molecular complexity index is 1390. The number of fused-ring (bicyclic) bond motifs is 6. The minimum atomic E-state index is -1.32. The van der Waals surface area contributed by atoms with E-state index in [1.165, 1.54) is 49.0 Å². The van der Waals surface area contributed by atoms with Gasteiger partial charge in [-0.25, -0.2) is 0 Å². The van der Waals surface area contributed by atoms with Crippen LogP contribution in [0.15, 0.2) is 59.6 Å². The van der Waals surface area contributed by atoms with Gasteiger partial charge in [-0.1, -0.05) is 25.2 Å². The summed E-state index contributed by atoms with van der Waals surface area (Å²) >= 11 is 2.49. The Kier molecular flexibility index (Phi) is 8.54. The highest BCUT2D eigenvalue weighted by Gasteiger charge is 2.72. The molecular formula is C31H38N2O8S2. The number of thioether (sulfide) groups is 2. The first kappa shape index (κ1) is 31.6. The molecule has 1 aliphatic carbocycles. The second-order valence-corrected chi connectivity index (χ2v) is 13.8. The van der Waals surface area contributed by atoms with Crippen LogP contribution in [0, 0.1) is 11.8 Å². The number of carbonyl (C=O) groups excluding carboxylic acids is 4. The van der Waals surface area contributed by atoms with E-state index >= 15 is 0 Å².